The van der Waals surface area contributed by atoms with Gasteiger partial charge in [-0.3, -0.25) is 28.8 Å². The predicted octanol–water partition coefficient (Wildman–Crippen LogP) is 11.8. The van der Waals surface area contributed by atoms with E-state index in [-0.39, 0.29) is 72.2 Å². The summed E-state index contributed by atoms with van der Waals surface area (Å²) in [6.45, 7) is 11.7. The molecule has 0 radical (unpaired) electrons. The minimum absolute atomic E-state index is 0.00589. The van der Waals surface area contributed by atoms with Crippen molar-refractivity contribution in [3.63, 3.8) is 0 Å². The number of halogens is 5. The second-order valence-corrected chi connectivity index (χ2v) is 27.6. The van der Waals surface area contributed by atoms with Crippen LogP contribution in [0.15, 0.2) is 172 Å². The number of fused-ring (bicyclic) bond motifs is 3. The second kappa shape index (κ2) is 35.9. The van der Waals surface area contributed by atoms with Crippen molar-refractivity contribution in [3.8, 4) is 5.75 Å². The summed E-state index contributed by atoms with van der Waals surface area (Å²) in [6, 6.07) is 43.2. The van der Waals surface area contributed by atoms with E-state index in [1.54, 1.807) is 127 Å². The van der Waals surface area contributed by atoms with Crippen LogP contribution in [0.2, 0.25) is 15.1 Å². The Kier molecular flexibility index (Phi) is 26.1. The molecule has 574 valence electrons. The molecule has 0 saturated carbocycles. The van der Waals surface area contributed by atoms with Gasteiger partial charge in [-0.1, -0.05) is 83.3 Å². The van der Waals surface area contributed by atoms with Crippen LogP contribution in [0.4, 0.5) is 25.8 Å². The number of rotatable bonds is 18. The van der Waals surface area contributed by atoms with Crippen LogP contribution >= 0.6 is 34.8 Å². The molecule has 3 fully saturated rings. The number of aromatic nitrogens is 3. The van der Waals surface area contributed by atoms with E-state index in [9.17, 15) is 51.9 Å². The number of hydrogen-bond donors (Lipinski definition) is 0. The number of methoxy groups -OCH3 is 1. The smallest absolute Gasteiger partial charge is 0.345 e. The van der Waals surface area contributed by atoms with E-state index < -0.39 is 34.8 Å². The van der Waals surface area contributed by atoms with Gasteiger partial charge in [0.1, 0.15) is 34.1 Å². The quantitative estimate of drug-likeness (QED) is 0.0574. The van der Waals surface area contributed by atoms with Gasteiger partial charge in [-0.15, -0.1) is 0 Å². The Labute approximate surface area is 648 Å². The zero-order chi connectivity index (χ0) is 78.6. The minimum atomic E-state index is -0.737. The highest BCUT2D eigenvalue weighted by Crippen LogP contribution is 2.36. The van der Waals surface area contributed by atoms with Crippen molar-refractivity contribution in [1.82, 2.24) is 33.3 Å². The lowest BCUT2D eigenvalue weighted by Gasteiger charge is -2.37. The van der Waals surface area contributed by atoms with E-state index >= 15 is 0 Å². The second-order valence-electron chi connectivity index (χ2n) is 26.4. The number of amides is 3. The lowest BCUT2D eigenvalue weighted by Crippen LogP contribution is -2.49. The number of hydrogen-bond acceptors (Lipinski definition) is 17. The first-order valence-corrected chi connectivity index (χ1v) is 37.1. The van der Waals surface area contributed by atoms with Gasteiger partial charge in [-0.2, -0.15) is 0 Å². The van der Waals surface area contributed by atoms with Crippen molar-refractivity contribution in [1.29, 1.82) is 0 Å². The topological polar surface area (TPSA) is 228 Å². The molecule has 0 N–H and O–H groups in total. The van der Waals surface area contributed by atoms with Gasteiger partial charge in [0.15, 0.2) is 0 Å². The molecule has 3 amide bonds. The summed E-state index contributed by atoms with van der Waals surface area (Å²) < 4.78 is 52.4. The van der Waals surface area contributed by atoms with E-state index in [1.165, 1.54) is 45.5 Å². The largest absolute Gasteiger partial charge is 0.497 e. The number of ether oxygens (including phenoxy) is 4. The Balaban J connectivity index is 0.000000165. The summed E-state index contributed by atoms with van der Waals surface area (Å²) in [5.41, 5.74) is 4.32. The lowest BCUT2D eigenvalue weighted by molar-refractivity contribution is 0.0514. The molecule has 0 aliphatic carbocycles. The lowest BCUT2D eigenvalue weighted by atomic mass is 10.0. The molecule has 0 unspecified atom stereocenters. The first-order valence-electron chi connectivity index (χ1n) is 36.0. The Bertz CT molecular complexity index is 5290. The number of esters is 3. The Hall–Kier alpha value is -11.1. The molecular weight excluding hydrogens is 1480 g/mol. The maximum atomic E-state index is 14.0. The Morgan fingerprint density at radius 3 is 1.30 bits per heavy atom. The summed E-state index contributed by atoms with van der Waals surface area (Å²) >= 11 is 18.5. The summed E-state index contributed by atoms with van der Waals surface area (Å²) in [5.74, 6) is -2.57. The number of likely N-dealkylation sites (N-methyl/N-ethyl adjacent to an activating group) is 1. The maximum absolute atomic E-state index is 14.0. The fourth-order valence-electron chi connectivity index (χ4n) is 13.8. The van der Waals surface area contributed by atoms with Gasteiger partial charge in [0.05, 0.1) is 77.1 Å². The third-order valence-electron chi connectivity index (χ3n) is 19.3. The Morgan fingerprint density at radius 2 is 0.836 bits per heavy atom. The number of aryl methyl sites for hydroxylation is 1. The molecule has 3 aliphatic heterocycles. The third-order valence-corrected chi connectivity index (χ3v) is 20.3. The first-order chi connectivity index (χ1) is 52.9. The Morgan fingerprint density at radius 1 is 0.436 bits per heavy atom. The van der Waals surface area contributed by atoms with Crippen LogP contribution in [0, 0.1) is 11.6 Å². The number of para-hydroxylation sites is 2. The van der Waals surface area contributed by atoms with Gasteiger partial charge in [-0.05, 0) is 150 Å². The van der Waals surface area contributed by atoms with Crippen LogP contribution in [0.25, 0.3) is 32.7 Å². The molecule has 23 nitrogen and oxygen atoms in total. The third kappa shape index (κ3) is 17.6. The fraction of sp³-hybridized carbons (Fsp3) is 0.305. The highest BCUT2D eigenvalue weighted by Gasteiger charge is 2.35. The molecule has 3 saturated heterocycles. The fourth-order valence-corrected chi connectivity index (χ4v) is 14.3. The van der Waals surface area contributed by atoms with Gasteiger partial charge in [0.25, 0.3) is 34.4 Å². The molecular formula is C82H83Cl3F2N10O13. The van der Waals surface area contributed by atoms with Crippen LogP contribution in [0.1, 0.15) is 88.5 Å². The van der Waals surface area contributed by atoms with E-state index in [0.717, 1.165) is 16.3 Å². The van der Waals surface area contributed by atoms with Crippen molar-refractivity contribution in [2.45, 2.75) is 33.9 Å². The van der Waals surface area contributed by atoms with Gasteiger partial charge in [0, 0.05) is 137 Å². The molecule has 3 aliphatic rings. The summed E-state index contributed by atoms with van der Waals surface area (Å²) in [5, 5.41) is 3.34. The average Bonchev–Trinajstić information content (AvgIpc) is 0.762. The van der Waals surface area contributed by atoms with Crippen molar-refractivity contribution in [2.24, 2.45) is 7.05 Å². The summed E-state index contributed by atoms with van der Waals surface area (Å²) in [6.07, 6.45) is 0. The van der Waals surface area contributed by atoms with E-state index in [2.05, 4.69) is 0 Å². The van der Waals surface area contributed by atoms with E-state index in [0.29, 0.717) is 168 Å². The molecule has 7 aromatic carbocycles. The molecule has 0 spiro atoms. The van der Waals surface area contributed by atoms with Crippen molar-refractivity contribution < 1.29 is 56.5 Å². The highest BCUT2D eigenvalue weighted by atomic mass is 35.5. The normalized spacial score (nSPS) is 13.7. The van der Waals surface area contributed by atoms with Crippen LogP contribution in [0.3, 0.4) is 0 Å². The van der Waals surface area contributed by atoms with Crippen LogP contribution in [-0.2, 0) is 34.3 Å². The monoisotopic (exact) mass is 1560 g/mol. The molecule has 6 heterocycles. The van der Waals surface area contributed by atoms with Crippen LogP contribution in [0.5, 0.6) is 5.75 Å². The zero-order valence-electron chi connectivity index (χ0n) is 61.9. The zero-order valence-corrected chi connectivity index (χ0v) is 64.2. The summed E-state index contributed by atoms with van der Waals surface area (Å²) in [7, 11) is 7.08. The first kappa shape index (κ1) is 79.9. The van der Waals surface area contributed by atoms with Gasteiger partial charge < -0.3 is 66.9 Å². The average molecular weight is 1560 g/mol. The molecule has 0 atom stereocenters. The number of pyridine rings is 3. The van der Waals surface area contributed by atoms with Crippen LogP contribution < -0.4 is 36.1 Å². The number of benzene rings is 7. The molecule has 13 rings (SSSR count). The summed E-state index contributed by atoms with van der Waals surface area (Å²) in [4.78, 5) is 132. The van der Waals surface area contributed by atoms with E-state index in [4.69, 9.17) is 53.8 Å². The van der Waals surface area contributed by atoms with Crippen molar-refractivity contribution in [2.75, 3.05) is 141 Å². The number of nitrogens with zero attached hydrogens (tertiary/aromatic N) is 10. The highest BCUT2D eigenvalue weighted by molar-refractivity contribution is 6.42. The maximum Gasteiger partial charge on any atom is 0.345 e. The standard InChI is InChI=1S/C31H29ClFN3O5.C27H30Cl2N4O4.C24H24FN3O4/c1-3-41-31(39)27-28(34-14-16-35(17-15-34)29(37)21-6-11-24(40-2)12-7-21)25-18-22(32)8-13-26(25)36(30(27)38)19-20-4-9-23(33)10-5-20;1-4-37-27(36)23-24(19-7-5-6-8-22(19)33(26(23)35)16-11-30(2)3)31-12-14-32(15-13-31)25(34)18-9-10-20(28)21(29)17-18;1-3-32-24(31)20-21(18-6-4-5-7-19(18)26(2)23(20)30)27-12-14-28(15-13-27)22(29)16-8-10-17(25)11-9-16/h4-13,18H,3,14-17,19H2,1-2H3;5-10,17H,4,11-16H2,1-3H3;4-11H,3,12-15H2,1-2H3. The van der Waals surface area contributed by atoms with E-state index in [1.807, 2.05) is 82.2 Å². The van der Waals surface area contributed by atoms with Crippen LogP contribution in [-0.4, -0.2) is 195 Å². The molecule has 0 bridgehead atoms. The van der Waals surface area contributed by atoms with Crippen molar-refractivity contribution in [3.05, 3.63) is 254 Å². The van der Waals surface area contributed by atoms with Gasteiger partial charge >= 0.3 is 17.9 Å². The molecule has 28 heteroatoms. The van der Waals surface area contributed by atoms with Crippen molar-refractivity contribution >= 4 is 120 Å². The number of anilines is 3. The van der Waals surface area contributed by atoms with Gasteiger partial charge in [0.2, 0.25) is 0 Å². The molecule has 10 aromatic rings. The van der Waals surface area contributed by atoms with Gasteiger partial charge in [-0.25, -0.2) is 23.2 Å². The molecule has 3 aromatic heterocycles. The number of carbonyl (C=O) groups is 6. The SMILES string of the molecule is CCOC(=O)c1c(N2CCN(C(=O)c3ccc(Cl)c(Cl)c3)CC2)c2ccccc2n(CCN(C)C)c1=O.CCOC(=O)c1c(N2CCN(C(=O)c3ccc(F)cc3)CC2)c2ccccc2n(C)c1=O.CCOC(=O)c1c(N2CCN(C(=O)c3ccc(OC)cc3)CC2)c2cc(Cl)ccc2n(Cc2ccc(F)cc2)c1=O. The minimum Gasteiger partial charge on any atom is -0.497 e. The number of piperazine rings is 3. The predicted molar refractivity (Wildman–Crippen MR) is 423 cm³/mol. The molecule has 110 heavy (non-hydrogen) atoms. The number of carbonyl (C=O) groups excluding carboxylic acids is 6.